The third-order valence-electron chi connectivity index (χ3n) is 5.60. The van der Waals surface area contributed by atoms with Crippen molar-refractivity contribution in [3.8, 4) is 16.3 Å². The summed E-state index contributed by atoms with van der Waals surface area (Å²) in [5.41, 5.74) is 3.18. The first kappa shape index (κ1) is 27.4. The van der Waals surface area contributed by atoms with Crippen molar-refractivity contribution >= 4 is 23.2 Å². The van der Waals surface area contributed by atoms with Crippen molar-refractivity contribution in [2.75, 3.05) is 13.2 Å². The highest BCUT2D eigenvalue weighted by molar-refractivity contribution is 7.15. The monoisotopic (exact) mass is 510 g/mol. The third kappa shape index (κ3) is 7.15. The Kier molecular flexibility index (Phi) is 9.61. The van der Waals surface area contributed by atoms with Crippen molar-refractivity contribution in [2.24, 2.45) is 0 Å². The van der Waals surface area contributed by atoms with Gasteiger partial charge in [0.1, 0.15) is 16.5 Å². The lowest BCUT2D eigenvalue weighted by Crippen LogP contribution is -2.40. The van der Waals surface area contributed by atoms with Crippen LogP contribution in [0.25, 0.3) is 10.6 Å². The molecule has 192 valence electrons. The minimum Gasteiger partial charge on any atom is -0.494 e. The molecule has 7 nitrogen and oxygen atoms in total. The Morgan fingerprint density at radius 3 is 2.31 bits per heavy atom. The zero-order valence-electron chi connectivity index (χ0n) is 21.4. The molecule has 2 aromatic carbocycles. The van der Waals surface area contributed by atoms with Gasteiger partial charge in [0.25, 0.3) is 5.91 Å². The van der Waals surface area contributed by atoms with E-state index in [9.17, 15) is 14.7 Å². The summed E-state index contributed by atoms with van der Waals surface area (Å²) in [6.45, 7) is 10.2. The normalized spacial score (nSPS) is 12.8. The number of carbonyl (C=O) groups is 2. The second-order valence-corrected chi connectivity index (χ2v) is 10.2. The van der Waals surface area contributed by atoms with Crippen LogP contribution in [0.2, 0.25) is 0 Å². The van der Waals surface area contributed by atoms with Crippen LogP contribution < -0.4 is 10.1 Å². The Morgan fingerprint density at radius 1 is 1.06 bits per heavy atom. The number of rotatable bonds is 12. The number of benzene rings is 2. The van der Waals surface area contributed by atoms with Gasteiger partial charge in [0, 0.05) is 22.9 Å². The van der Waals surface area contributed by atoms with E-state index in [2.05, 4.69) is 10.3 Å². The van der Waals surface area contributed by atoms with Crippen molar-refractivity contribution in [1.29, 1.82) is 0 Å². The molecule has 0 saturated carbocycles. The fraction of sp³-hybridized carbons (Fsp3) is 0.393. The van der Waals surface area contributed by atoms with E-state index in [0.717, 1.165) is 33.0 Å². The number of hydrogen-bond donors (Lipinski definition) is 2. The van der Waals surface area contributed by atoms with Gasteiger partial charge in [-0.1, -0.05) is 48.9 Å². The number of thiazole rings is 1. The fourth-order valence-electron chi connectivity index (χ4n) is 3.76. The summed E-state index contributed by atoms with van der Waals surface area (Å²) in [4.78, 5) is 30.6. The van der Waals surface area contributed by atoms with Crippen LogP contribution in [0, 0.1) is 13.8 Å². The number of aromatic nitrogens is 1. The van der Waals surface area contributed by atoms with E-state index in [1.807, 2.05) is 69.3 Å². The first-order chi connectivity index (χ1) is 17.2. The van der Waals surface area contributed by atoms with Crippen LogP contribution in [0.3, 0.4) is 0 Å². The number of aliphatic carboxylic acids is 1. The van der Waals surface area contributed by atoms with Crippen molar-refractivity contribution in [1.82, 2.24) is 10.3 Å². The standard InChI is InChI=1S/C28H34N2O5S/c1-6-15-34-22-13-11-20(12-14-22)23(25(28(32)33)35-17(2)3)16-29-26(31)24-19(5)36-27(30-24)21-9-7-18(4)8-10-21/h7-14,17,23,25H,6,15-16H2,1-5H3,(H,29,31)(H,32,33). The Bertz CT molecular complexity index is 1160. The number of carboxylic acids is 1. The molecule has 3 aromatic rings. The van der Waals surface area contributed by atoms with E-state index in [1.54, 1.807) is 13.8 Å². The van der Waals surface area contributed by atoms with Gasteiger partial charge in [0.05, 0.1) is 12.7 Å². The molecule has 3 rings (SSSR count). The molecule has 36 heavy (non-hydrogen) atoms. The molecule has 0 saturated heterocycles. The zero-order chi connectivity index (χ0) is 26.2. The summed E-state index contributed by atoms with van der Waals surface area (Å²) >= 11 is 1.46. The molecular formula is C28H34N2O5S. The molecule has 2 atom stereocenters. The Balaban J connectivity index is 1.81. The number of ether oxygens (including phenoxy) is 2. The molecule has 0 bridgehead atoms. The lowest BCUT2D eigenvalue weighted by atomic mass is 9.92. The van der Waals surface area contributed by atoms with Crippen LogP contribution in [-0.2, 0) is 9.53 Å². The molecule has 1 amide bonds. The summed E-state index contributed by atoms with van der Waals surface area (Å²) in [5.74, 6) is -1.32. The van der Waals surface area contributed by atoms with Gasteiger partial charge in [-0.3, -0.25) is 4.79 Å². The summed E-state index contributed by atoms with van der Waals surface area (Å²) in [6.07, 6.45) is -0.539. The number of carboxylic acid groups (broad SMARTS) is 1. The van der Waals surface area contributed by atoms with Crippen LogP contribution in [0.4, 0.5) is 0 Å². The molecule has 0 aliphatic heterocycles. The van der Waals surface area contributed by atoms with E-state index < -0.39 is 18.0 Å². The van der Waals surface area contributed by atoms with Gasteiger partial charge in [-0.25, -0.2) is 9.78 Å². The van der Waals surface area contributed by atoms with E-state index in [-0.39, 0.29) is 18.6 Å². The molecular weight excluding hydrogens is 476 g/mol. The topological polar surface area (TPSA) is 97.8 Å². The molecule has 0 aliphatic rings. The van der Waals surface area contributed by atoms with Crippen LogP contribution in [0.1, 0.15) is 59.6 Å². The van der Waals surface area contributed by atoms with E-state index in [0.29, 0.717) is 18.1 Å². The number of aryl methyl sites for hydroxylation is 2. The molecule has 2 N–H and O–H groups in total. The maximum atomic E-state index is 13.1. The van der Waals surface area contributed by atoms with Gasteiger partial charge in [0.2, 0.25) is 0 Å². The molecule has 2 unspecified atom stereocenters. The molecule has 1 heterocycles. The number of carbonyl (C=O) groups excluding carboxylic acids is 1. The highest BCUT2D eigenvalue weighted by Gasteiger charge is 2.32. The SMILES string of the molecule is CCCOc1ccc(C(CNC(=O)c2nc(-c3ccc(C)cc3)sc2C)C(OC(C)C)C(=O)O)cc1. The van der Waals surface area contributed by atoms with E-state index in [1.165, 1.54) is 11.3 Å². The zero-order valence-corrected chi connectivity index (χ0v) is 22.2. The number of nitrogens with zero attached hydrogens (tertiary/aromatic N) is 1. The fourth-order valence-corrected chi connectivity index (χ4v) is 4.68. The van der Waals surface area contributed by atoms with Gasteiger partial charge < -0.3 is 19.9 Å². The predicted octanol–water partition coefficient (Wildman–Crippen LogP) is 5.61. The molecule has 0 fully saturated rings. The average molecular weight is 511 g/mol. The van der Waals surface area contributed by atoms with E-state index >= 15 is 0 Å². The quantitative estimate of drug-likeness (QED) is 0.329. The second-order valence-electron chi connectivity index (χ2n) is 8.97. The van der Waals surface area contributed by atoms with Gasteiger partial charge in [-0.2, -0.15) is 0 Å². The lowest BCUT2D eigenvalue weighted by molar-refractivity contribution is -0.155. The maximum absolute atomic E-state index is 13.1. The lowest BCUT2D eigenvalue weighted by Gasteiger charge is -2.26. The van der Waals surface area contributed by atoms with Gasteiger partial charge in [-0.15, -0.1) is 11.3 Å². The molecule has 0 spiro atoms. The Morgan fingerprint density at radius 2 is 1.72 bits per heavy atom. The largest absolute Gasteiger partial charge is 0.494 e. The average Bonchev–Trinajstić information content (AvgIpc) is 3.24. The summed E-state index contributed by atoms with van der Waals surface area (Å²) in [6, 6.07) is 15.3. The summed E-state index contributed by atoms with van der Waals surface area (Å²) in [5, 5.41) is 13.6. The molecule has 0 radical (unpaired) electrons. The van der Waals surface area contributed by atoms with Crippen molar-refractivity contribution in [2.45, 2.75) is 59.2 Å². The first-order valence-electron chi connectivity index (χ1n) is 12.1. The van der Waals surface area contributed by atoms with Crippen molar-refractivity contribution < 1.29 is 24.2 Å². The summed E-state index contributed by atoms with van der Waals surface area (Å²) in [7, 11) is 0. The van der Waals surface area contributed by atoms with Gasteiger partial charge in [0.15, 0.2) is 6.10 Å². The van der Waals surface area contributed by atoms with Gasteiger partial charge >= 0.3 is 5.97 Å². The number of amides is 1. The Hall–Kier alpha value is -3.23. The van der Waals surface area contributed by atoms with Crippen LogP contribution in [0.15, 0.2) is 48.5 Å². The number of hydrogen-bond acceptors (Lipinski definition) is 6. The summed E-state index contributed by atoms with van der Waals surface area (Å²) < 4.78 is 11.4. The maximum Gasteiger partial charge on any atom is 0.333 e. The van der Waals surface area contributed by atoms with Crippen LogP contribution in [-0.4, -0.2) is 47.3 Å². The van der Waals surface area contributed by atoms with Crippen molar-refractivity contribution in [3.05, 3.63) is 70.2 Å². The second kappa shape index (κ2) is 12.6. The predicted molar refractivity (Wildman–Crippen MR) is 142 cm³/mol. The highest BCUT2D eigenvalue weighted by atomic mass is 32.1. The molecule has 0 aliphatic carbocycles. The van der Waals surface area contributed by atoms with Crippen LogP contribution in [0.5, 0.6) is 5.75 Å². The first-order valence-corrected chi connectivity index (χ1v) is 12.9. The minimum atomic E-state index is -1.13. The highest BCUT2D eigenvalue weighted by Crippen LogP contribution is 2.29. The van der Waals surface area contributed by atoms with Crippen molar-refractivity contribution in [3.63, 3.8) is 0 Å². The third-order valence-corrected chi connectivity index (χ3v) is 6.62. The van der Waals surface area contributed by atoms with Crippen LogP contribution >= 0.6 is 11.3 Å². The molecule has 8 heteroatoms. The Labute approximate surface area is 216 Å². The van der Waals surface area contributed by atoms with E-state index in [4.69, 9.17) is 9.47 Å². The number of nitrogens with one attached hydrogen (secondary N) is 1. The molecule has 1 aromatic heterocycles. The minimum absolute atomic E-state index is 0.0779. The smallest absolute Gasteiger partial charge is 0.333 e. The van der Waals surface area contributed by atoms with Gasteiger partial charge in [-0.05, 0) is 51.8 Å².